The quantitative estimate of drug-likeness (QED) is 0.0261. The Labute approximate surface area is 472 Å². The number of rotatable bonds is 61. The molecule has 442 valence electrons. The lowest BCUT2D eigenvalue weighted by atomic mass is 10.0. The van der Waals surface area contributed by atoms with Gasteiger partial charge >= 0.3 is 17.9 Å². The van der Waals surface area contributed by atoms with Crippen molar-refractivity contribution in [2.75, 3.05) is 13.2 Å². The van der Waals surface area contributed by atoms with Crippen LogP contribution in [0.2, 0.25) is 0 Å². The zero-order valence-electron chi connectivity index (χ0n) is 50.8. The van der Waals surface area contributed by atoms with Gasteiger partial charge < -0.3 is 14.2 Å². The maximum atomic E-state index is 12.9. The lowest BCUT2D eigenvalue weighted by molar-refractivity contribution is -0.167. The molecule has 0 heterocycles. The fourth-order valence-electron chi connectivity index (χ4n) is 9.83. The van der Waals surface area contributed by atoms with Crippen molar-refractivity contribution >= 4 is 17.9 Å². The van der Waals surface area contributed by atoms with Crippen molar-refractivity contribution in [3.05, 3.63) is 60.8 Å². The smallest absolute Gasteiger partial charge is 0.306 e. The van der Waals surface area contributed by atoms with Gasteiger partial charge in [-0.25, -0.2) is 0 Å². The highest BCUT2D eigenvalue weighted by atomic mass is 16.6. The molecule has 1 atom stereocenters. The van der Waals surface area contributed by atoms with Gasteiger partial charge in [0.15, 0.2) is 6.10 Å². The van der Waals surface area contributed by atoms with Crippen LogP contribution in [-0.2, 0) is 28.6 Å². The molecule has 0 aliphatic rings. The fraction of sp³-hybridized carbons (Fsp3) is 0.814. The molecule has 0 aliphatic carbocycles. The molecule has 0 aromatic heterocycles. The van der Waals surface area contributed by atoms with E-state index in [9.17, 15) is 14.4 Å². The summed E-state index contributed by atoms with van der Waals surface area (Å²) in [5, 5.41) is 0. The van der Waals surface area contributed by atoms with Crippen LogP contribution in [0.25, 0.3) is 0 Å². The van der Waals surface area contributed by atoms with Crippen molar-refractivity contribution in [1.29, 1.82) is 0 Å². The Morgan fingerprint density at radius 1 is 0.276 bits per heavy atom. The Morgan fingerprint density at radius 3 is 0.803 bits per heavy atom. The molecule has 0 aliphatic heterocycles. The number of carbonyl (C=O) groups is 3. The predicted molar refractivity (Wildman–Crippen MR) is 330 cm³/mol. The van der Waals surface area contributed by atoms with Crippen LogP contribution in [0.3, 0.4) is 0 Å². The van der Waals surface area contributed by atoms with Gasteiger partial charge in [0, 0.05) is 19.3 Å². The molecule has 76 heavy (non-hydrogen) atoms. The second-order valence-corrected chi connectivity index (χ2v) is 22.4. The Hall–Kier alpha value is -2.89. The van der Waals surface area contributed by atoms with E-state index in [0.29, 0.717) is 19.3 Å². The molecule has 0 aromatic carbocycles. The van der Waals surface area contributed by atoms with Crippen LogP contribution in [0.1, 0.15) is 348 Å². The number of hydrogen-bond donors (Lipinski definition) is 0. The lowest BCUT2D eigenvalue weighted by Crippen LogP contribution is -2.30. The summed E-state index contributed by atoms with van der Waals surface area (Å²) in [6, 6.07) is 0. The molecule has 0 fully saturated rings. The highest BCUT2D eigenvalue weighted by Crippen LogP contribution is 2.18. The van der Waals surface area contributed by atoms with Crippen molar-refractivity contribution in [3.63, 3.8) is 0 Å². The Morgan fingerprint density at radius 2 is 0.513 bits per heavy atom. The average molecular weight is 1060 g/mol. The van der Waals surface area contributed by atoms with Crippen molar-refractivity contribution in [3.8, 4) is 0 Å². The van der Waals surface area contributed by atoms with Crippen LogP contribution >= 0.6 is 0 Å². The van der Waals surface area contributed by atoms with E-state index in [2.05, 4.69) is 81.5 Å². The lowest BCUT2D eigenvalue weighted by Gasteiger charge is -2.18. The maximum Gasteiger partial charge on any atom is 0.306 e. The van der Waals surface area contributed by atoms with Crippen LogP contribution in [0.15, 0.2) is 60.8 Å². The topological polar surface area (TPSA) is 78.9 Å². The van der Waals surface area contributed by atoms with Crippen LogP contribution in [-0.4, -0.2) is 37.2 Å². The summed E-state index contributed by atoms with van der Waals surface area (Å²) in [4.78, 5) is 38.4. The van der Waals surface area contributed by atoms with Crippen molar-refractivity contribution < 1.29 is 28.6 Å². The monoisotopic (exact) mass is 1060 g/mol. The van der Waals surface area contributed by atoms with Crippen LogP contribution < -0.4 is 0 Å². The molecule has 0 radical (unpaired) electrons. The first-order chi connectivity index (χ1) is 37.5. The van der Waals surface area contributed by atoms with Crippen molar-refractivity contribution in [2.45, 2.75) is 354 Å². The predicted octanol–water partition coefficient (Wildman–Crippen LogP) is 22.7. The molecule has 0 saturated heterocycles. The van der Waals surface area contributed by atoms with E-state index >= 15 is 0 Å². The minimum atomic E-state index is -0.774. The van der Waals surface area contributed by atoms with E-state index in [1.165, 1.54) is 212 Å². The van der Waals surface area contributed by atoms with Crippen LogP contribution in [0.4, 0.5) is 0 Å². The summed E-state index contributed by atoms with van der Waals surface area (Å²) < 4.78 is 17.0. The first kappa shape index (κ1) is 73.1. The molecular formula is C70H126O6. The number of esters is 3. The largest absolute Gasteiger partial charge is 0.462 e. The van der Waals surface area contributed by atoms with E-state index in [1.807, 2.05) is 0 Å². The summed E-state index contributed by atoms with van der Waals surface area (Å²) in [7, 11) is 0. The van der Waals surface area contributed by atoms with Gasteiger partial charge in [0.2, 0.25) is 0 Å². The molecule has 0 spiro atoms. The van der Waals surface area contributed by atoms with Crippen molar-refractivity contribution in [2.24, 2.45) is 0 Å². The Balaban J connectivity index is 4.29. The van der Waals surface area contributed by atoms with E-state index in [-0.39, 0.29) is 31.1 Å². The van der Waals surface area contributed by atoms with Gasteiger partial charge in [0.25, 0.3) is 0 Å². The molecule has 1 unspecified atom stereocenters. The third-order valence-electron chi connectivity index (χ3n) is 14.8. The number of allylic oxidation sites excluding steroid dienone is 10. The summed E-state index contributed by atoms with van der Waals surface area (Å²) in [6.07, 6.45) is 82.3. The normalized spacial score (nSPS) is 12.4. The molecule has 6 nitrogen and oxygen atoms in total. The molecule has 0 N–H and O–H groups in total. The zero-order chi connectivity index (χ0) is 55.0. The van der Waals surface area contributed by atoms with Gasteiger partial charge in [-0.05, 0) is 64.2 Å². The molecular weight excluding hydrogens is 937 g/mol. The molecule has 0 amide bonds. The maximum absolute atomic E-state index is 12.9. The Kier molecular flexibility index (Phi) is 62.2. The second kappa shape index (κ2) is 64.6. The molecule has 0 bridgehead atoms. The van der Waals surface area contributed by atoms with Gasteiger partial charge in [0.05, 0.1) is 0 Å². The van der Waals surface area contributed by atoms with Crippen LogP contribution in [0, 0.1) is 0 Å². The minimum absolute atomic E-state index is 0.0705. The van der Waals surface area contributed by atoms with Gasteiger partial charge in [-0.15, -0.1) is 0 Å². The molecule has 0 rings (SSSR count). The number of hydrogen-bond acceptors (Lipinski definition) is 6. The first-order valence-electron chi connectivity index (χ1n) is 33.3. The summed E-state index contributed by atoms with van der Waals surface area (Å²) in [6.45, 7) is 6.58. The van der Waals surface area contributed by atoms with E-state index < -0.39 is 6.10 Å². The molecule has 0 aromatic rings. The van der Waals surface area contributed by atoms with Gasteiger partial charge in [-0.1, -0.05) is 326 Å². The summed E-state index contributed by atoms with van der Waals surface area (Å²) >= 11 is 0. The third-order valence-corrected chi connectivity index (χ3v) is 14.8. The van der Waals surface area contributed by atoms with Crippen molar-refractivity contribution in [1.82, 2.24) is 0 Å². The van der Waals surface area contributed by atoms with Gasteiger partial charge in [-0.3, -0.25) is 14.4 Å². The molecule has 6 heteroatoms. The summed E-state index contributed by atoms with van der Waals surface area (Å²) in [5.41, 5.74) is 0. The summed E-state index contributed by atoms with van der Waals surface area (Å²) in [5.74, 6) is -0.854. The number of ether oxygens (including phenoxy) is 3. The zero-order valence-corrected chi connectivity index (χ0v) is 50.8. The average Bonchev–Trinajstić information content (AvgIpc) is 3.42. The minimum Gasteiger partial charge on any atom is -0.462 e. The third kappa shape index (κ3) is 62.0. The highest BCUT2D eigenvalue weighted by molar-refractivity contribution is 5.71. The fourth-order valence-corrected chi connectivity index (χ4v) is 9.83. The van der Waals surface area contributed by atoms with Gasteiger partial charge in [-0.2, -0.15) is 0 Å². The van der Waals surface area contributed by atoms with Crippen LogP contribution in [0.5, 0.6) is 0 Å². The Bertz CT molecular complexity index is 1360. The number of carbonyl (C=O) groups excluding carboxylic acids is 3. The van der Waals surface area contributed by atoms with E-state index in [4.69, 9.17) is 14.2 Å². The second-order valence-electron chi connectivity index (χ2n) is 22.4. The highest BCUT2D eigenvalue weighted by Gasteiger charge is 2.19. The van der Waals surface area contributed by atoms with E-state index in [1.54, 1.807) is 0 Å². The first-order valence-corrected chi connectivity index (χ1v) is 33.3. The number of unbranched alkanes of at least 4 members (excludes halogenated alkanes) is 40. The molecule has 0 saturated carbocycles. The van der Waals surface area contributed by atoms with E-state index in [0.717, 1.165) is 96.3 Å². The SMILES string of the molecule is CC/C=C\C/C=C\C/C=C\C/C=C\C/C=C\CCCCCCCCCCCC(=O)OCC(COC(=O)CCCCCCCCCCCCCCC)OC(=O)CCCCCCCCCCCCCCCCCCCCCC. The van der Waals surface area contributed by atoms with Gasteiger partial charge in [0.1, 0.15) is 13.2 Å². The standard InChI is InChI=1S/C70H126O6/c1-4-7-10-13-16-19-22-25-27-29-31-33-34-35-36-37-39-40-42-45-48-51-54-57-60-63-69(72)75-66-67(65-74-68(71)62-59-56-53-50-47-44-24-21-18-15-12-9-6-3)76-70(73)64-61-58-55-52-49-46-43-41-38-32-30-28-26-23-20-17-14-11-8-5-2/h7,10,16,19,25,27,31,33,35-36,67H,4-6,8-9,11-15,17-18,20-24,26,28-30,32,34,37-66H2,1-3H3/b10-7-,19-16-,27-25-,33-31-,36-35-.